The summed E-state index contributed by atoms with van der Waals surface area (Å²) in [6.45, 7) is -0.775. The average Bonchev–Trinajstić information content (AvgIpc) is 3.08. The van der Waals surface area contributed by atoms with Gasteiger partial charge in [-0.3, -0.25) is 9.59 Å². The maximum Gasteiger partial charge on any atom is 0.335 e. The zero-order valence-electron chi connectivity index (χ0n) is 26.0. The predicted octanol–water partition coefficient (Wildman–Crippen LogP) is 1.43. The molecular weight excluding hydrogens is 672 g/mol. The number of benzene rings is 4. The van der Waals surface area contributed by atoms with Crippen molar-refractivity contribution in [3.63, 3.8) is 0 Å². The summed E-state index contributed by atoms with van der Waals surface area (Å²) in [5, 5.41) is 94.1. The molecule has 262 valence electrons. The first-order valence-corrected chi connectivity index (χ1v) is 15.5. The number of carboxylic acid groups (broad SMARTS) is 2. The second-order valence-corrected chi connectivity index (χ2v) is 12.4. The van der Waals surface area contributed by atoms with Gasteiger partial charge in [0, 0.05) is 11.8 Å². The van der Waals surface area contributed by atoms with Crippen molar-refractivity contribution >= 4 is 23.5 Å². The number of hydrogen-bond donors (Lipinski definition) is 9. The van der Waals surface area contributed by atoms with Crippen molar-refractivity contribution in [2.75, 3.05) is 6.61 Å². The van der Waals surface area contributed by atoms with Crippen LogP contribution in [0.2, 0.25) is 0 Å². The Hall–Kier alpha value is -5.84. The third-order valence-corrected chi connectivity index (χ3v) is 9.60. The Balaban J connectivity index is 1.52. The fourth-order valence-electron chi connectivity index (χ4n) is 7.34. The van der Waals surface area contributed by atoms with Gasteiger partial charge < -0.3 is 55.4 Å². The number of ketones is 2. The molecule has 15 heteroatoms. The molecule has 0 radical (unpaired) electrons. The SMILES string of the molecule is O=C(O)c1cc(O)c2c(c1)[C@@H]([C@H]1c3cc(C(=O)O)cc(O)c3C(=O)c3c(O[C@@H]4O[C@@H](CO)[C@@H](O)[C@@H](O)[C@H]4O)cccc31)c1cccc(O)c1C2=O. The van der Waals surface area contributed by atoms with E-state index in [-0.39, 0.29) is 50.3 Å². The second-order valence-electron chi connectivity index (χ2n) is 12.4. The van der Waals surface area contributed by atoms with Crippen molar-refractivity contribution in [2.24, 2.45) is 0 Å². The molecule has 1 aliphatic heterocycles. The molecule has 0 spiro atoms. The first kappa shape index (κ1) is 33.6. The Morgan fingerprint density at radius 3 is 1.65 bits per heavy atom. The molecule has 51 heavy (non-hydrogen) atoms. The molecule has 4 aromatic carbocycles. The van der Waals surface area contributed by atoms with Crippen molar-refractivity contribution in [1.29, 1.82) is 0 Å². The summed E-state index contributed by atoms with van der Waals surface area (Å²) in [6, 6.07) is 12.3. The molecule has 0 aromatic heterocycles. The lowest BCUT2D eigenvalue weighted by molar-refractivity contribution is -0.277. The standard InChI is InChI=1S/C36H28O15/c37-11-22-29(41)32(44)33(45)36(51-22)50-21-6-2-4-15-24(17-8-13(35(48)49)10-20(40)27(17)31(43)28(15)21)23-14-3-1-5-18(38)25(14)30(42)26-16(23)7-12(34(46)47)9-19(26)39/h1-10,22-24,29,32-33,36-41,44-45H,11H2,(H,46,47)(H,48,49)/t22-,23-,24+,29+,32+,33+,36+/m0/s1. The third-order valence-electron chi connectivity index (χ3n) is 9.60. The van der Waals surface area contributed by atoms with Crippen LogP contribution < -0.4 is 4.74 Å². The van der Waals surface area contributed by atoms with Gasteiger partial charge in [-0.1, -0.05) is 24.3 Å². The van der Waals surface area contributed by atoms with Gasteiger partial charge in [0.15, 0.2) is 0 Å². The molecule has 15 nitrogen and oxygen atoms in total. The Morgan fingerprint density at radius 2 is 1.12 bits per heavy atom. The average molecular weight is 701 g/mol. The van der Waals surface area contributed by atoms with Crippen molar-refractivity contribution in [1.82, 2.24) is 0 Å². The number of phenolic OH excluding ortho intramolecular Hbond substituents is 3. The van der Waals surface area contributed by atoms with Crippen molar-refractivity contribution < 1.29 is 74.6 Å². The summed E-state index contributed by atoms with van der Waals surface area (Å²) in [7, 11) is 0. The largest absolute Gasteiger partial charge is 0.507 e. The molecule has 0 saturated carbocycles. The summed E-state index contributed by atoms with van der Waals surface area (Å²) in [5.41, 5.74) is -1.98. The molecule has 9 N–H and O–H groups in total. The summed E-state index contributed by atoms with van der Waals surface area (Å²) in [6.07, 6.45) is -8.55. The van der Waals surface area contributed by atoms with Gasteiger partial charge in [-0.25, -0.2) is 9.59 Å². The lowest BCUT2D eigenvalue weighted by Gasteiger charge is -2.41. The highest BCUT2D eigenvalue weighted by Gasteiger charge is 2.48. The number of aromatic hydroxyl groups is 3. The maximum absolute atomic E-state index is 14.4. The highest BCUT2D eigenvalue weighted by molar-refractivity contribution is 6.18. The first-order valence-electron chi connectivity index (χ1n) is 15.5. The van der Waals surface area contributed by atoms with Gasteiger partial charge in [-0.2, -0.15) is 0 Å². The number of phenols is 3. The van der Waals surface area contributed by atoms with Gasteiger partial charge in [-0.05, 0) is 58.7 Å². The van der Waals surface area contributed by atoms with Crippen LogP contribution >= 0.6 is 0 Å². The van der Waals surface area contributed by atoms with Crippen LogP contribution in [-0.4, -0.2) is 107 Å². The normalized spacial score (nSPS) is 24.9. The number of aliphatic hydroxyl groups excluding tert-OH is 4. The Bertz CT molecular complexity index is 2170. The van der Waals surface area contributed by atoms with Gasteiger partial charge >= 0.3 is 11.9 Å². The molecule has 0 unspecified atom stereocenters. The lowest BCUT2D eigenvalue weighted by atomic mass is 9.63. The fraction of sp³-hybridized carbons (Fsp3) is 0.222. The van der Waals surface area contributed by atoms with Gasteiger partial charge in [-0.15, -0.1) is 0 Å². The zero-order chi connectivity index (χ0) is 36.6. The number of rotatable bonds is 6. The van der Waals surface area contributed by atoms with Crippen LogP contribution in [-0.2, 0) is 4.74 Å². The van der Waals surface area contributed by atoms with Crippen molar-refractivity contribution in [3.8, 4) is 23.0 Å². The predicted molar refractivity (Wildman–Crippen MR) is 170 cm³/mol. The Morgan fingerprint density at radius 1 is 0.627 bits per heavy atom. The smallest absolute Gasteiger partial charge is 0.335 e. The molecule has 1 fully saturated rings. The van der Waals surface area contributed by atoms with E-state index in [2.05, 4.69) is 0 Å². The van der Waals surface area contributed by atoms with E-state index < -0.39 is 101 Å². The van der Waals surface area contributed by atoms with Gasteiger partial charge in [0.25, 0.3) is 0 Å². The number of carbonyl (C=O) groups is 4. The van der Waals surface area contributed by atoms with E-state index in [1.54, 1.807) is 0 Å². The van der Waals surface area contributed by atoms with Crippen LogP contribution in [0.1, 0.15) is 86.6 Å². The highest BCUT2D eigenvalue weighted by atomic mass is 16.7. The molecule has 3 aliphatic rings. The van der Waals surface area contributed by atoms with Gasteiger partial charge in [0.05, 0.1) is 40.0 Å². The second kappa shape index (κ2) is 12.2. The fourth-order valence-corrected chi connectivity index (χ4v) is 7.34. The Kier molecular flexibility index (Phi) is 8.04. The number of carboxylic acids is 2. The van der Waals surface area contributed by atoms with Crippen LogP contribution in [0.5, 0.6) is 23.0 Å². The van der Waals surface area contributed by atoms with E-state index in [4.69, 9.17) is 9.47 Å². The Labute approximate surface area is 286 Å². The van der Waals surface area contributed by atoms with Crippen LogP contribution in [0.3, 0.4) is 0 Å². The van der Waals surface area contributed by atoms with Crippen molar-refractivity contribution in [3.05, 3.63) is 116 Å². The minimum absolute atomic E-state index is 0.0489. The maximum atomic E-state index is 14.4. The summed E-state index contributed by atoms with van der Waals surface area (Å²) < 4.78 is 11.4. The molecule has 0 amide bonds. The summed E-state index contributed by atoms with van der Waals surface area (Å²) >= 11 is 0. The molecule has 1 saturated heterocycles. The number of ether oxygens (including phenoxy) is 2. The monoisotopic (exact) mass is 700 g/mol. The van der Waals surface area contributed by atoms with E-state index in [1.807, 2.05) is 0 Å². The molecule has 0 bridgehead atoms. The number of carbonyl (C=O) groups excluding carboxylic acids is 2. The van der Waals surface area contributed by atoms with E-state index in [0.717, 1.165) is 24.3 Å². The van der Waals surface area contributed by atoms with E-state index in [9.17, 15) is 65.1 Å². The first-order chi connectivity index (χ1) is 24.2. The topological polar surface area (TPSA) is 269 Å². The highest BCUT2D eigenvalue weighted by Crippen LogP contribution is 2.56. The number of aromatic carboxylic acids is 2. The quantitative estimate of drug-likeness (QED) is 0.138. The summed E-state index contributed by atoms with van der Waals surface area (Å²) in [5.74, 6) is -9.35. The van der Waals surface area contributed by atoms with Gasteiger partial charge in [0.2, 0.25) is 17.9 Å². The number of aliphatic hydroxyl groups is 4. The zero-order valence-corrected chi connectivity index (χ0v) is 26.0. The van der Waals surface area contributed by atoms with E-state index >= 15 is 0 Å². The van der Waals surface area contributed by atoms with Crippen LogP contribution in [0.25, 0.3) is 0 Å². The number of hydrogen-bond acceptors (Lipinski definition) is 13. The van der Waals surface area contributed by atoms with Crippen molar-refractivity contribution in [2.45, 2.75) is 42.5 Å². The number of fused-ring (bicyclic) bond motifs is 4. The molecule has 2 aliphatic carbocycles. The lowest BCUT2D eigenvalue weighted by Crippen LogP contribution is -2.60. The van der Waals surface area contributed by atoms with E-state index in [1.165, 1.54) is 36.4 Å². The van der Waals surface area contributed by atoms with E-state index in [0.29, 0.717) is 0 Å². The van der Waals surface area contributed by atoms with Crippen LogP contribution in [0.15, 0.2) is 60.7 Å². The van der Waals surface area contributed by atoms with Crippen LogP contribution in [0, 0.1) is 0 Å². The molecular formula is C36H28O15. The minimum atomic E-state index is -1.88. The van der Waals surface area contributed by atoms with Gasteiger partial charge in [0.1, 0.15) is 47.4 Å². The minimum Gasteiger partial charge on any atom is -0.507 e. The molecule has 4 aromatic rings. The van der Waals surface area contributed by atoms with Crippen LogP contribution in [0.4, 0.5) is 0 Å². The molecule has 7 rings (SSSR count). The third kappa shape index (κ3) is 5.09. The molecule has 1 heterocycles. The summed E-state index contributed by atoms with van der Waals surface area (Å²) in [4.78, 5) is 52.6. The molecule has 7 atom stereocenters.